The number of ether oxygens (including phenoxy) is 1. The summed E-state index contributed by atoms with van der Waals surface area (Å²) < 4.78 is 33.0. The SMILES string of the molecule is COC(=O)C1CCCCC1S(=O)(=O)NC1CCNCC1C.Cl. The Kier molecular flexibility index (Phi) is 7.58. The van der Waals surface area contributed by atoms with Gasteiger partial charge in [-0.2, -0.15) is 0 Å². The first-order valence-corrected chi connectivity index (χ1v) is 9.30. The quantitative estimate of drug-likeness (QED) is 0.737. The number of nitrogens with one attached hydrogen (secondary N) is 2. The topological polar surface area (TPSA) is 84.5 Å². The molecule has 1 heterocycles. The lowest BCUT2D eigenvalue weighted by atomic mass is 9.89. The van der Waals surface area contributed by atoms with E-state index in [9.17, 15) is 13.2 Å². The van der Waals surface area contributed by atoms with Crippen LogP contribution in [-0.4, -0.2) is 45.9 Å². The average Bonchev–Trinajstić information content (AvgIpc) is 2.48. The van der Waals surface area contributed by atoms with Gasteiger partial charge >= 0.3 is 5.97 Å². The van der Waals surface area contributed by atoms with E-state index in [4.69, 9.17) is 4.74 Å². The van der Waals surface area contributed by atoms with Gasteiger partial charge in [0.25, 0.3) is 0 Å². The van der Waals surface area contributed by atoms with Crippen LogP contribution in [0.5, 0.6) is 0 Å². The third kappa shape index (κ3) is 4.57. The molecule has 2 rings (SSSR count). The molecule has 0 aromatic heterocycles. The van der Waals surface area contributed by atoms with Crippen LogP contribution in [-0.2, 0) is 19.6 Å². The first kappa shape index (κ1) is 19.7. The Morgan fingerprint density at radius 2 is 1.91 bits per heavy atom. The molecule has 1 aliphatic heterocycles. The van der Waals surface area contributed by atoms with Crippen LogP contribution in [0.1, 0.15) is 39.0 Å². The van der Waals surface area contributed by atoms with Crippen molar-refractivity contribution in [2.24, 2.45) is 11.8 Å². The van der Waals surface area contributed by atoms with Gasteiger partial charge in [-0.1, -0.05) is 19.8 Å². The van der Waals surface area contributed by atoms with Gasteiger partial charge in [-0.3, -0.25) is 4.79 Å². The predicted octanol–water partition coefficient (Wildman–Crippen LogP) is 1.06. The number of carbonyl (C=O) groups is 1. The maximum Gasteiger partial charge on any atom is 0.310 e. The molecule has 1 saturated carbocycles. The first-order chi connectivity index (χ1) is 9.95. The second kappa shape index (κ2) is 8.47. The highest BCUT2D eigenvalue weighted by Gasteiger charge is 2.41. The molecule has 2 N–H and O–H groups in total. The number of piperidine rings is 1. The average molecular weight is 355 g/mol. The first-order valence-electron chi connectivity index (χ1n) is 7.75. The number of sulfonamides is 1. The van der Waals surface area contributed by atoms with Crippen molar-refractivity contribution in [3.63, 3.8) is 0 Å². The van der Waals surface area contributed by atoms with Gasteiger partial charge in [0.2, 0.25) is 10.0 Å². The van der Waals surface area contributed by atoms with Crippen LogP contribution in [0.2, 0.25) is 0 Å². The van der Waals surface area contributed by atoms with Crippen molar-refractivity contribution in [2.45, 2.75) is 50.3 Å². The molecule has 130 valence electrons. The van der Waals surface area contributed by atoms with Crippen molar-refractivity contribution in [1.82, 2.24) is 10.0 Å². The van der Waals surface area contributed by atoms with E-state index in [0.29, 0.717) is 12.8 Å². The zero-order chi connectivity index (χ0) is 15.5. The molecule has 0 amide bonds. The van der Waals surface area contributed by atoms with Gasteiger partial charge in [0.05, 0.1) is 18.3 Å². The lowest BCUT2D eigenvalue weighted by molar-refractivity contribution is -0.146. The Labute approximate surface area is 139 Å². The van der Waals surface area contributed by atoms with Crippen LogP contribution < -0.4 is 10.0 Å². The molecule has 1 saturated heterocycles. The molecule has 4 atom stereocenters. The molecule has 2 fully saturated rings. The molecule has 0 spiro atoms. The van der Waals surface area contributed by atoms with Crippen LogP contribution in [0.4, 0.5) is 0 Å². The Balaban J connectivity index is 0.00000242. The van der Waals surface area contributed by atoms with Crippen molar-refractivity contribution in [3.8, 4) is 0 Å². The lowest BCUT2D eigenvalue weighted by Crippen LogP contribution is -2.52. The van der Waals surface area contributed by atoms with E-state index in [-0.39, 0.29) is 24.4 Å². The summed E-state index contributed by atoms with van der Waals surface area (Å²) >= 11 is 0. The monoisotopic (exact) mass is 354 g/mol. The highest BCUT2D eigenvalue weighted by atomic mass is 35.5. The van der Waals surface area contributed by atoms with Crippen LogP contribution in [0.3, 0.4) is 0 Å². The summed E-state index contributed by atoms with van der Waals surface area (Å²) in [6, 6.07) is -0.0449. The number of halogens is 1. The number of methoxy groups -OCH3 is 1. The van der Waals surface area contributed by atoms with Gasteiger partial charge in [-0.15, -0.1) is 12.4 Å². The van der Waals surface area contributed by atoms with Gasteiger partial charge in [-0.05, 0) is 38.3 Å². The molecular weight excluding hydrogens is 328 g/mol. The molecular formula is C14H27ClN2O4S. The van der Waals surface area contributed by atoms with Crippen molar-refractivity contribution < 1.29 is 17.9 Å². The van der Waals surface area contributed by atoms with Gasteiger partial charge < -0.3 is 10.1 Å². The highest BCUT2D eigenvalue weighted by Crippen LogP contribution is 2.30. The molecule has 0 aromatic rings. The van der Waals surface area contributed by atoms with Crippen LogP contribution in [0.25, 0.3) is 0 Å². The molecule has 0 radical (unpaired) electrons. The van der Waals surface area contributed by atoms with E-state index < -0.39 is 27.2 Å². The van der Waals surface area contributed by atoms with E-state index in [2.05, 4.69) is 10.0 Å². The van der Waals surface area contributed by atoms with Crippen molar-refractivity contribution in [1.29, 1.82) is 0 Å². The Morgan fingerprint density at radius 3 is 2.55 bits per heavy atom. The van der Waals surface area contributed by atoms with E-state index in [1.807, 2.05) is 6.92 Å². The predicted molar refractivity (Wildman–Crippen MR) is 87.5 cm³/mol. The fourth-order valence-corrected chi connectivity index (χ4v) is 5.48. The number of carbonyl (C=O) groups excluding carboxylic acids is 1. The third-order valence-corrected chi connectivity index (χ3v) is 6.70. The number of hydrogen-bond acceptors (Lipinski definition) is 5. The van der Waals surface area contributed by atoms with Crippen molar-refractivity contribution in [2.75, 3.05) is 20.2 Å². The molecule has 22 heavy (non-hydrogen) atoms. The molecule has 6 nitrogen and oxygen atoms in total. The summed E-state index contributed by atoms with van der Waals surface area (Å²) in [5.41, 5.74) is 0. The number of hydrogen-bond donors (Lipinski definition) is 2. The Bertz CT molecular complexity index is 471. The van der Waals surface area contributed by atoms with Crippen molar-refractivity contribution >= 4 is 28.4 Å². The maximum absolute atomic E-state index is 12.7. The van der Waals surface area contributed by atoms with Crippen LogP contribution in [0, 0.1) is 11.8 Å². The zero-order valence-corrected chi connectivity index (χ0v) is 14.8. The van der Waals surface area contributed by atoms with E-state index in [1.54, 1.807) is 0 Å². The van der Waals surface area contributed by atoms with Crippen LogP contribution >= 0.6 is 12.4 Å². The van der Waals surface area contributed by atoms with Gasteiger partial charge in [-0.25, -0.2) is 13.1 Å². The van der Waals surface area contributed by atoms with Gasteiger partial charge in [0.15, 0.2) is 0 Å². The smallest absolute Gasteiger partial charge is 0.310 e. The van der Waals surface area contributed by atoms with Crippen molar-refractivity contribution in [3.05, 3.63) is 0 Å². The highest BCUT2D eigenvalue weighted by molar-refractivity contribution is 7.90. The summed E-state index contributed by atoms with van der Waals surface area (Å²) in [4.78, 5) is 11.9. The Hall–Kier alpha value is -0.370. The maximum atomic E-state index is 12.7. The minimum absolute atomic E-state index is 0. The zero-order valence-electron chi connectivity index (χ0n) is 13.2. The van der Waals surface area contributed by atoms with E-state index in [0.717, 1.165) is 32.4 Å². The summed E-state index contributed by atoms with van der Waals surface area (Å²) in [6.45, 7) is 3.68. The fraction of sp³-hybridized carbons (Fsp3) is 0.929. The third-order valence-electron chi connectivity index (χ3n) is 4.71. The van der Waals surface area contributed by atoms with Gasteiger partial charge in [0.1, 0.15) is 0 Å². The summed E-state index contributed by atoms with van der Waals surface area (Å²) in [5.74, 6) is -0.671. The number of rotatable bonds is 4. The molecule has 1 aliphatic carbocycles. The van der Waals surface area contributed by atoms with E-state index in [1.165, 1.54) is 7.11 Å². The summed E-state index contributed by atoms with van der Waals surface area (Å²) in [5, 5.41) is 2.60. The van der Waals surface area contributed by atoms with Crippen LogP contribution in [0.15, 0.2) is 0 Å². The largest absolute Gasteiger partial charge is 0.469 e. The normalized spacial score (nSPS) is 32.8. The molecule has 0 bridgehead atoms. The fourth-order valence-electron chi connectivity index (χ4n) is 3.38. The van der Waals surface area contributed by atoms with E-state index >= 15 is 0 Å². The minimum Gasteiger partial charge on any atom is -0.469 e. The molecule has 4 unspecified atom stereocenters. The number of esters is 1. The van der Waals surface area contributed by atoms with Gasteiger partial charge in [0, 0.05) is 6.04 Å². The molecule has 0 aromatic carbocycles. The lowest BCUT2D eigenvalue weighted by Gasteiger charge is -2.34. The molecule has 8 heteroatoms. The standard InChI is InChI=1S/C14H26N2O4S.ClH/c1-10-9-15-8-7-12(10)16-21(18,19)13-6-4-3-5-11(13)14(17)20-2;/h10-13,15-16H,3-9H2,1-2H3;1H. The minimum atomic E-state index is -3.50. The second-order valence-electron chi connectivity index (χ2n) is 6.19. The Morgan fingerprint density at radius 1 is 1.23 bits per heavy atom. The molecule has 2 aliphatic rings. The summed E-state index contributed by atoms with van der Waals surface area (Å²) in [6.07, 6.45) is 3.65. The second-order valence-corrected chi connectivity index (χ2v) is 8.12. The summed E-state index contributed by atoms with van der Waals surface area (Å²) in [7, 11) is -2.18.